The van der Waals surface area contributed by atoms with Crippen LogP contribution in [0, 0.1) is 11.3 Å². The van der Waals surface area contributed by atoms with Crippen molar-refractivity contribution in [2.45, 2.75) is 38.5 Å². The second kappa shape index (κ2) is 6.97. The molecule has 1 saturated heterocycles. The maximum absolute atomic E-state index is 12.7. The summed E-state index contributed by atoms with van der Waals surface area (Å²) < 4.78 is 0. The largest absolute Gasteiger partial charge is 0.312 e. The second-order valence-corrected chi connectivity index (χ2v) is 7.76. The van der Waals surface area contributed by atoms with Crippen LogP contribution in [0.3, 0.4) is 0 Å². The van der Waals surface area contributed by atoms with Crippen LogP contribution in [0.5, 0.6) is 0 Å². The summed E-state index contributed by atoms with van der Waals surface area (Å²) in [6.45, 7) is 0. The van der Waals surface area contributed by atoms with Gasteiger partial charge in [-0.05, 0) is 49.4 Å². The van der Waals surface area contributed by atoms with Gasteiger partial charge in [0.2, 0.25) is 11.8 Å². The highest BCUT2D eigenvalue weighted by Crippen LogP contribution is 2.37. The zero-order valence-electron chi connectivity index (χ0n) is 14.6. The number of anilines is 2. The van der Waals surface area contributed by atoms with Crippen LogP contribution in [0.25, 0.3) is 0 Å². The van der Waals surface area contributed by atoms with Gasteiger partial charge in [0.25, 0.3) is 5.91 Å². The number of rotatable bonds is 3. The maximum Gasteiger partial charge on any atom is 0.256 e. The number of nitrogens with one attached hydrogen (secondary N) is 1. The van der Waals surface area contributed by atoms with Gasteiger partial charge in [-0.1, -0.05) is 6.07 Å². The van der Waals surface area contributed by atoms with E-state index < -0.39 is 0 Å². The lowest BCUT2D eigenvalue weighted by atomic mass is 9.96. The third kappa shape index (κ3) is 3.13. The van der Waals surface area contributed by atoms with Gasteiger partial charge in [0.1, 0.15) is 11.1 Å². The molecule has 0 bridgehead atoms. The fourth-order valence-corrected chi connectivity index (χ4v) is 4.83. The minimum Gasteiger partial charge on any atom is -0.312 e. The van der Waals surface area contributed by atoms with Crippen molar-refractivity contribution in [2.75, 3.05) is 10.2 Å². The summed E-state index contributed by atoms with van der Waals surface area (Å²) in [5.41, 5.74) is 2.37. The number of thiophene rings is 1. The molecule has 1 aliphatic heterocycles. The van der Waals surface area contributed by atoms with Crippen LogP contribution < -0.4 is 10.2 Å². The zero-order valence-corrected chi connectivity index (χ0v) is 15.4. The molecular weight excluding hydrogens is 362 g/mol. The molecule has 3 amide bonds. The molecule has 2 aliphatic rings. The van der Waals surface area contributed by atoms with Gasteiger partial charge in [0.15, 0.2) is 0 Å². The first-order valence-corrected chi connectivity index (χ1v) is 9.72. The van der Waals surface area contributed by atoms with Gasteiger partial charge in [0.05, 0.1) is 11.3 Å². The molecule has 1 aliphatic carbocycles. The Labute approximate surface area is 160 Å². The monoisotopic (exact) mass is 379 g/mol. The molecule has 4 rings (SSSR count). The third-order valence-electron chi connectivity index (χ3n) is 4.93. The highest BCUT2D eigenvalue weighted by molar-refractivity contribution is 7.16. The number of hydrogen-bond donors (Lipinski definition) is 1. The van der Waals surface area contributed by atoms with Gasteiger partial charge in [-0.2, -0.15) is 5.26 Å². The average Bonchev–Trinajstić information content (AvgIpc) is 3.20. The van der Waals surface area contributed by atoms with Crippen LogP contribution in [-0.4, -0.2) is 17.7 Å². The Balaban J connectivity index is 1.60. The number of nitrogens with zero attached hydrogens (tertiary/aromatic N) is 2. The van der Waals surface area contributed by atoms with E-state index in [4.69, 9.17) is 0 Å². The minimum absolute atomic E-state index is 0.196. The first-order chi connectivity index (χ1) is 13.1. The lowest BCUT2D eigenvalue weighted by molar-refractivity contribution is -0.121. The highest BCUT2D eigenvalue weighted by atomic mass is 32.1. The first kappa shape index (κ1) is 17.4. The summed E-state index contributed by atoms with van der Waals surface area (Å²) in [7, 11) is 0. The summed E-state index contributed by atoms with van der Waals surface area (Å²) in [4.78, 5) is 38.9. The van der Waals surface area contributed by atoms with Gasteiger partial charge in [-0.15, -0.1) is 11.3 Å². The topological polar surface area (TPSA) is 90.3 Å². The van der Waals surface area contributed by atoms with Gasteiger partial charge in [-0.3, -0.25) is 19.3 Å². The predicted octanol–water partition coefficient (Wildman–Crippen LogP) is 3.40. The van der Waals surface area contributed by atoms with E-state index in [1.165, 1.54) is 22.3 Å². The van der Waals surface area contributed by atoms with Crippen molar-refractivity contribution in [3.05, 3.63) is 45.8 Å². The quantitative estimate of drug-likeness (QED) is 0.828. The Hall–Kier alpha value is -2.98. The van der Waals surface area contributed by atoms with E-state index in [1.54, 1.807) is 18.2 Å². The van der Waals surface area contributed by atoms with Crippen LogP contribution in [0.2, 0.25) is 0 Å². The summed E-state index contributed by atoms with van der Waals surface area (Å²) in [6, 6.07) is 8.68. The van der Waals surface area contributed by atoms with Crippen molar-refractivity contribution in [1.82, 2.24) is 0 Å². The van der Waals surface area contributed by atoms with Gasteiger partial charge in [0, 0.05) is 23.3 Å². The Bertz CT molecular complexity index is 986. The molecule has 7 heteroatoms. The molecule has 136 valence electrons. The molecule has 0 atom stereocenters. The van der Waals surface area contributed by atoms with E-state index in [2.05, 4.69) is 11.4 Å². The van der Waals surface area contributed by atoms with Crippen LogP contribution >= 0.6 is 11.3 Å². The summed E-state index contributed by atoms with van der Waals surface area (Å²) in [6.07, 6.45) is 4.37. The van der Waals surface area contributed by atoms with Crippen LogP contribution in [-0.2, 0) is 22.4 Å². The molecule has 27 heavy (non-hydrogen) atoms. The molecule has 1 aromatic carbocycles. The maximum atomic E-state index is 12.7. The van der Waals surface area contributed by atoms with E-state index in [-0.39, 0.29) is 30.6 Å². The number of carbonyl (C=O) groups is 3. The van der Waals surface area contributed by atoms with Crippen molar-refractivity contribution in [2.24, 2.45) is 0 Å². The number of imide groups is 1. The van der Waals surface area contributed by atoms with E-state index in [0.29, 0.717) is 21.8 Å². The fraction of sp³-hybridized carbons (Fsp3) is 0.300. The first-order valence-electron chi connectivity index (χ1n) is 8.90. The number of aryl methyl sites for hydroxylation is 1. The lowest BCUT2D eigenvalue weighted by Gasteiger charge is -2.14. The fourth-order valence-electron chi connectivity index (χ4n) is 3.60. The second-order valence-electron chi connectivity index (χ2n) is 6.65. The molecule has 1 aromatic heterocycles. The van der Waals surface area contributed by atoms with Crippen molar-refractivity contribution < 1.29 is 14.4 Å². The predicted molar refractivity (Wildman–Crippen MR) is 102 cm³/mol. The molecule has 6 nitrogen and oxygen atoms in total. The number of benzene rings is 1. The summed E-state index contributed by atoms with van der Waals surface area (Å²) in [5.74, 6) is -0.864. The minimum atomic E-state index is -0.356. The molecule has 2 aromatic rings. The van der Waals surface area contributed by atoms with Gasteiger partial charge >= 0.3 is 0 Å². The van der Waals surface area contributed by atoms with Crippen molar-refractivity contribution >= 4 is 39.7 Å². The Morgan fingerprint density at radius 1 is 1.11 bits per heavy atom. The summed E-state index contributed by atoms with van der Waals surface area (Å²) in [5, 5.41) is 12.9. The van der Waals surface area contributed by atoms with E-state index in [9.17, 15) is 19.6 Å². The van der Waals surface area contributed by atoms with Crippen LogP contribution in [0.15, 0.2) is 24.3 Å². The molecule has 0 unspecified atom stereocenters. The van der Waals surface area contributed by atoms with Gasteiger partial charge in [-0.25, -0.2) is 0 Å². The number of fused-ring (bicyclic) bond motifs is 1. The third-order valence-corrected chi connectivity index (χ3v) is 6.14. The van der Waals surface area contributed by atoms with Crippen LogP contribution in [0.4, 0.5) is 10.7 Å². The van der Waals surface area contributed by atoms with Crippen molar-refractivity contribution in [1.29, 1.82) is 5.26 Å². The molecule has 1 fully saturated rings. The SMILES string of the molecule is N#Cc1c(NC(=O)c2cccc(N3C(=O)CCC3=O)c2)sc2c1CCCC2. The number of hydrogen-bond acceptors (Lipinski definition) is 5. The van der Waals surface area contributed by atoms with Gasteiger partial charge < -0.3 is 5.32 Å². The molecule has 1 N–H and O–H groups in total. The molecule has 2 heterocycles. The standard InChI is InChI=1S/C20H17N3O3S/c21-11-15-14-6-1-2-7-16(14)27-20(15)22-19(26)12-4-3-5-13(10-12)23-17(24)8-9-18(23)25/h3-5,10H,1-2,6-9H2,(H,22,26). The average molecular weight is 379 g/mol. The van der Waals surface area contributed by atoms with E-state index >= 15 is 0 Å². The van der Waals surface area contributed by atoms with Crippen LogP contribution in [0.1, 0.15) is 52.0 Å². The van der Waals surface area contributed by atoms with Crippen molar-refractivity contribution in [3.8, 4) is 6.07 Å². The molecule has 0 spiro atoms. The lowest BCUT2D eigenvalue weighted by Crippen LogP contribution is -2.28. The normalized spacial score (nSPS) is 16.2. The Morgan fingerprint density at radius 3 is 2.59 bits per heavy atom. The Morgan fingerprint density at radius 2 is 1.85 bits per heavy atom. The molecule has 0 radical (unpaired) electrons. The Kier molecular flexibility index (Phi) is 4.50. The molecular formula is C20H17N3O3S. The molecule has 0 saturated carbocycles. The zero-order chi connectivity index (χ0) is 19.0. The van der Waals surface area contributed by atoms with Crippen molar-refractivity contribution in [3.63, 3.8) is 0 Å². The highest BCUT2D eigenvalue weighted by Gasteiger charge is 2.30. The summed E-state index contributed by atoms with van der Waals surface area (Å²) >= 11 is 1.47. The smallest absolute Gasteiger partial charge is 0.256 e. The number of amides is 3. The van der Waals surface area contributed by atoms with E-state index in [0.717, 1.165) is 36.1 Å². The number of nitriles is 1. The number of carbonyl (C=O) groups excluding carboxylic acids is 3. The van der Waals surface area contributed by atoms with E-state index in [1.807, 2.05) is 0 Å².